The number of H-pyrrole nitrogens is 1. The molecule has 1 heterocycles. The van der Waals surface area contributed by atoms with E-state index in [1.807, 2.05) is 32.0 Å². The van der Waals surface area contributed by atoms with Gasteiger partial charge in [0.1, 0.15) is 27.8 Å². The Labute approximate surface area is 111 Å². The third-order valence-electron chi connectivity index (χ3n) is 2.60. The predicted octanol–water partition coefficient (Wildman–Crippen LogP) is 4.03. The van der Waals surface area contributed by atoms with Crippen LogP contribution in [-0.4, -0.2) is 4.98 Å². The fourth-order valence-electron chi connectivity index (χ4n) is 1.59. The molecule has 0 aliphatic rings. The summed E-state index contributed by atoms with van der Waals surface area (Å²) in [6, 6.07) is 9.71. The van der Waals surface area contributed by atoms with Crippen LogP contribution in [0.3, 0.4) is 0 Å². The Balaban J connectivity index is 2.47. The Bertz CT molecular complexity index is 683. The number of nitriles is 1. The molecule has 0 unspecified atom stereocenters. The van der Waals surface area contributed by atoms with Gasteiger partial charge in [0.05, 0.1) is 0 Å². The highest BCUT2D eigenvalue weighted by Crippen LogP contribution is 2.28. The number of aromatic nitrogens is 1. The van der Waals surface area contributed by atoms with Gasteiger partial charge in [0, 0.05) is 6.20 Å². The average Bonchev–Trinajstić information content (AvgIpc) is 2.34. The minimum absolute atomic E-state index is 0.355. The topological polar surface area (TPSA) is 48.8 Å². The molecule has 0 amide bonds. The molecule has 2 aromatic rings. The van der Waals surface area contributed by atoms with Crippen LogP contribution in [0.1, 0.15) is 16.7 Å². The van der Waals surface area contributed by atoms with Crippen molar-refractivity contribution in [1.29, 1.82) is 5.26 Å². The fraction of sp³-hybridized carbons (Fsp3) is 0.143. The number of nitrogens with zero attached hydrogens (tertiary/aromatic N) is 1. The molecule has 0 atom stereocenters. The summed E-state index contributed by atoms with van der Waals surface area (Å²) < 4.78 is 6.17. The molecule has 0 saturated heterocycles. The maximum absolute atomic E-state index is 9.08. The molecule has 1 aromatic heterocycles. The molecule has 0 saturated carbocycles. The molecule has 2 rings (SSSR count). The van der Waals surface area contributed by atoms with Gasteiger partial charge in [-0.3, -0.25) is 0 Å². The highest BCUT2D eigenvalue weighted by Gasteiger charge is 2.08. The van der Waals surface area contributed by atoms with Gasteiger partial charge in [0.15, 0.2) is 0 Å². The summed E-state index contributed by atoms with van der Waals surface area (Å²) in [7, 11) is 0. The molecule has 3 nitrogen and oxygen atoms in total. The Hall–Kier alpha value is -2.12. The monoisotopic (exact) mass is 256 g/mol. The van der Waals surface area contributed by atoms with E-state index in [4.69, 9.17) is 22.2 Å². The minimum Gasteiger partial charge on any atom is -0.456 e. The minimum atomic E-state index is 0.355. The second kappa shape index (κ2) is 5.03. The van der Waals surface area contributed by atoms with Crippen LogP contribution in [0.25, 0.3) is 0 Å². The molecule has 0 fully saturated rings. The lowest BCUT2D eigenvalue weighted by atomic mass is 10.1. The smallest absolute Gasteiger partial charge is 0.149 e. The summed E-state index contributed by atoms with van der Waals surface area (Å²) in [5.74, 6) is 1.22. The van der Waals surface area contributed by atoms with Gasteiger partial charge in [-0.25, -0.2) is 0 Å². The zero-order chi connectivity index (χ0) is 13.1. The molecule has 18 heavy (non-hydrogen) atoms. The lowest BCUT2D eigenvalue weighted by molar-refractivity contribution is 0.476. The molecular formula is C14H12N2OS. The van der Waals surface area contributed by atoms with Crippen molar-refractivity contribution in [2.24, 2.45) is 0 Å². The second-order valence-corrected chi connectivity index (χ2v) is 4.44. The lowest BCUT2D eigenvalue weighted by Gasteiger charge is -2.10. The Morgan fingerprint density at radius 2 is 2.00 bits per heavy atom. The van der Waals surface area contributed by atoms with Crippen LogP contribution in [0.4, 0.5) is 0 Å². The highest BCUT2D eigenvalue weighted by molar-refractivity contribution is 7.71. The first-order chi connectivity index (χ1) is 8.61. The maximum atomic E-state index is 9.08. The van der Waals surface area contributed by atoms with Crippen LogP contribution >= 0.6 is 12.2 Å². The van der Waals surface area contributed by atoms with Crippen molar-refractivity contribution in [3.8, 4) is 17.6 Å². The lowest BCUT2D eigenvalue weighted by Crippen LogP contribution is -1.93. The van der Waals surface area contributed by atoms with Gasteiger partial charge in [-0.2, -0.15) is 5.26 Å². The first-order valence-corrected chi connectivity index (χ1v) is 5.89. The molecule has 1 N–H and O–H groups in total. The summed E-state index contributed by atoms with van der Waals surface area (Å²) >= 11 is 5.06. The fourth-order valence-corrected chi connectivity index (χ4v) is 1.80. The Kier molecular flexibility index (Phi) is 3.45. The highest BCUT2D eigenvalue weighted by atomic mass is 32.1. The van der Waals surface area contributed by atoms with E-state index in [0.717, 1.165) is 16.9 Å². The van der Waals surface area contributed by atoms with Gasteiger partial charge in [-0.15, -0.1) is 0 Å². The Morgan fingerprint density at radius 1 is 1.22 bits per heavy atom. The molecule has 0 radical (unpaired) electrons. The van der Waals surface area contributed by atoms with E-state index < -0.39 is 0 Å². The molecule has 4 heteroatoms. The van der Waals surface area contributed by atoms with Gasteiger partial charge in [-0.05, 0) is 37.1 Å². The van der Waals surface area contributed by atoms with E-state index in [1.165, 1.54) is 0 Å². The van der Waals surface area contributed by atoms with E-state index in [0.29, 0.717) is 16.0 Å². The number of benzene rings is 1. The van der Waals surface area contributed by atoms with Crippen LogP contribution in [0.15, 0.2) is 30.5 Å². The SMILES string of the molecule is Cc1ccc(C)c(Oc2cc[nH]c(=S)c2C#N)c1. The van der Waals surface area contributed by atoms with Crippen molar-refractivity contribution in [3.63, 3.8) is 0 Å². The van der Waals surface area contributed by atoms with Crippen LogP contribution < -0.4 is 4.74 Å². The largest absolute Gasteiger partial charge is 0.456 e. The second-order valence-electron chi connectivity index (χ2n) is 4.03. The van der Waals surface area contributed by atoms with E-state index in [-0.39, 0.29) is 0 Å². The van der Waals surface area contributed by atoms with Crippen molar-refractivity contribution in [2.75, 3.05) is 0 Å². The number of hydrogen-bond acceptors (Lipinski definition) is 3. The van der Waals surface area contributed by atoms with Crippen molar-refractivity contribution in [3.05, 3.63) is 51.8 Å². The number of ether oxygens (including phenoxy) is 1. The summed E-state index contributed by atoms with van der Waals surface area (Å²) in [6.45, 7) is 3.96. The van der Waals surface area contributed by atoms with Gasteiger partial charge < -0.3 is 9.72 Å². The van der Waals surface area contributed by atoms with Crippen LogP contribution in [-0.2, 0) is 0 Å². The van der Waals surface area contributed by atoms with Crippen molar-refractivity contribution >= 4 is 12.2 Å². The molecule has 0 aliphatic carbocycles. The first kappa shape index (κ1) is 12.3. The predicted molar refractivity (Wildman–Crippen MR) is 72.3 cm³/mol. The van der Waals surface area contributed by atoms with Gasteiger partial charge >= 0.3 is 0 Å². The van der Waals surface area contributed by atoms with Gasteiger partial charge in [0.2, 0.25) is 0 Å². The van der Waals surface area contributed by atoms with Crippen molar-refractivity contribution in [1.82, 2.24) is 4.98 Å². The molecule has 0 spiro atoms. The number of rotatable bonds is 2. The number of nitrogens with one attached hydrogen (secondary N) is 1. The standard InChI is InChI=1S/C14H12N2OS/c1-9-3-4-10(2)13(7-9)17-12-5-6-16-14(18)11(12)8-15/h3-7H,1-2H3,(H,16,18). The third kappa shape index (κ3) is 2.41. The normalized spacial score (nSPS) is 9.83. The van der Waals surface area contributed by atoms with E-state index in [2.05, 4.69) is 11.1 Å². The molecule has 0 bridgehead atoms. The summed E-state index contributed by atoms with van der Waals surface area (Å²) in [4.78, 5) is 2.82. The van der Waals surface area contributed by atoms with E-state index in [1.54, 1.807) is 12.3 Å². The number of pyridine rings is 1. The zero-order valence-corrected chi connectivity index (χ0v) is 11.0. The van der Waals surface area contributed by atoms with Gasteiger partial charge in [-0.1, -0.05) is 24.4 Å². The summed E-state index contributed by atoms with van der Waals surface area (Å²) in [5, 5.41) is 9.08. The van der Waals surface area contributed by atoms with E-state index >= 15 is 0 Å². The van der Waals surface area contributed by atoms with Crippen LogP contribution in [0.5, 0.6) is 11.5 Å². The first-order valence-electron chi connectivity index (χ1n) is 5.48. The third-order valence-corrected chi connectivity index (χ3v) is 2.92. The Morgan fingerprint density at radius 3 is 2.72 bits per heavy atom. The maximum Gasteiger partial charge on any atom is 0.149 e. The van der Waals surface area contributed by atoms with Gasteiger partial charge in [0.25, 0.3) is 0 Å². The average molecular weight is 256 g/mol. The number of aromatic amines is 1. The van der Waals surface area contributed by atoms with Crippen LogP contribution in [0.2, 0.25) is 0 Å². The molecule has 0 aliphatic heterocycles. The summed E-state index contributed by atoms with van der Waals surface area (Å²) in [6.07, 6.45) is 1.67. The molecular weight excluding hydrogens is 244 g/mol. The number of hydrogen-bond donors (Lipinski definition) is 1. The molecule has 90 valence electrons. The van der Waals surface area contributed by atoms with E-state index in [9.17, 15) is 0 Å². The quantitative estimate of drug-likeness (QED) is 0.825. The zero-order valence-electron chi connectivity index (χ0n) is 10.2. The van der Waals surface area contributed by atoms with Crippen molar-refractivity contribution in [2.45, 2.75) is 13.8 Å². The molecule has 1 aromatic carbocycles. The van der Waals surface area contributed by atoms with Crippen molar-refractivity contribution < 1.29 is 4.74 Å². The summed E-state index contributed by atoms with van der Waals surface area (Å²) in [5.41, 5.74) is 2.48. The van der Waals surface area contributed by atoms with Crippen LogP contribution in [0, 0.1) is 29.8 Å². The number of aryl methyl sites for hydroxylation is 2.